The summed E-state index contributed by atoms with van der Waals surface area (Å²) >= 11 is 1.75. The number of benzene rings is 1. The van der Waals surface area contributed by atoms with Gasteiger partial charge in [0.25, 0.3) is 0 Å². The largest absolute Gasteiger partial charge is 0.466 e. The molecule has 1 aromatic carbocycles. The highest BCUT2D eigenvalue weighted by atomic mass is 32.1. The lowest BCUT2D eigenvalue weighted by molar-refractivity contribution is 0.489. The van der Waals surface area contributed by atoms with Gasteiger partial charge in [-0.2, -0.15) is 0 Å². The van der Waals surface area contributed by atoms with E-state index in [0.29, 0.717) is 0 Å². The van der Waals surface area contributed by atoms with Crippen LogP contribution in [-0.4, -0.2) is 4.98 Å². The Kier molecular flexibility index (Phi) is 3.59. The van der Waals surface area contributed by atoms with Crippen molar-refractivity contribution in [3.8, 4) is 0 Å². The summed E-state index contributed by atoms with van der Waals surface area (Å²) in [5, 5.41) is 4.64. The Morgan fingerprint density at radius 3 is 2.80 bits per heavy atom. The first-order chi connectivity index (χ1) is 9.63. The van der Waals surface area contributed by atoms with E-state index in [1.165, 1.54) is 10.3 Å². The Morgan fingerprint density at radius 1 is 1.30 bits per heavy atom. The van der Waals surface area contributed by atoms with Crippen LogP contribution < -0.4 is 5.32 Å². The zero-order valence-corrected chi connectivity index (χ0v) is 12.8. The molecule has 3 nitrogen and oxygen atoms in total. The normalized spacial score (nSPS) is 12.9. The van der Waals surface area contributed by atoms with E-state index in [1.807, 2.05) is 19.9 Å². The van der Waals surface area contributed by atoms with E-state index in [1.54, 1.807) is 11.3 Å². The molecule has 0 aliphatic rings. The van der Waals surface area contributed by atoms with E-state index in [0.717, 1.165) is 28.6 Å². The molecule has 0 saturated heterocycles. The van der Waals surface area contributed by atoms with Crippen molar-refractivity contribution in [2.75, 3.05) is 0 Å². The molecule has 0 amide bonds. The Hall–Kier alpha value is -1.65. The van der Waals surface area contributed by atoms with Crippen molar-refractivity contribution < 1.29 is 4.42 Å². The van der Waals surface area contributed by atoms with Gasteiger partial charge in [0.15, 0.2) is 0 Å². The number of nitrogens with one attached hydrogen (secondary N) is 1. The topological polar surface area (TPSA) is 38.1 Å². The SMILES string of the molecule is Cc1cc(C(C)NCc2nc3ccccc3s2)c(C)o1. The van der Waals surface area contributed by atoms with E-state index in [-0.39, 0.29) is 6.04 Å². The summed E-state index contributed by atoms with van der Waals surface area (Å²) in [7, 11) is 0. The third-order valence-corrected chi connectivity index (χ3v) is 4.48. The van der Waals surface area contributed by atoms with Crippen LogP contribution in [0.2, 0.25) is 0 Å². The van der Waals surface area contributed by atoms with Gasteiger partial charge in [-0.15, -0.1) is 11.3 Å². The van der Waals surface area contributed by atoms with Gasteiger partial charge in [-0.1, -0.05) is 12.1 Å². The van der Waals surface area contributed by atoms with Crippen LogP contribution in [0.5, 0.6) is 0 Å². The van der Waals surface area contributed by atoms with Gasteiger partial charge in [0.05, 0.1) is 10.2 Å². The molecule has 1 unspecified atom stereocenters. The van der Waals surface area contributed by atoms with Crippen molar-refractivity contribution in [1.82, 2.24) is 10.3 Å². The lowest BCUT2D eigenvalue weighted by Crippen LogP contribution is -2.18. The Morgan fingerprint density at radius 2 is 2.10 bits per heavy atom. The molecule has 0 radical (unpaired) electrons. The van der Waals surface area contributed by atoms with Gasteiger partial charge >= 0.3 is 0 Å². The van der Waals surface area contributed by atoms with Gasteiger partial charge in [0.2, 0.25) is 0 Å². The predicted molar refractivity (Wildman–Crippen MR) is 83.1 cm³/mol. The molecule has 0 spiro atoms. The number of hydrogen-bond donors (Lipinski definition) is 1. The standard InChI is InChI=1S/C16H18N2OS/c1-10-8-13(12(3)19-10)11(2)17-9-16-18-14-6-4-5-7-15(14)20-16/h4-8,11,17H,9H2,1-3H3. The van der Waals surface area contributed by atoms with Crippen molar-refractivity contribution in [2.45, 2.75) is 33.4 Å². The van der Waals surface area contributed by atoms with Crippen LogP contribution in [-0.2, 0) is 6.54 Å². The second kappa shape index (κ2) is 5.38. The molecular weight excluding hydrogens is 268 g/mol. The van der Waals surface area contributed by atoms with Crippen molar-refractivity contribution in [3.63, 3.8) is 0 Å². The minimum atomic E-state index is 0.263. The highest BCUT2D eigenvalue weighted by Gasteiger charge is 2.13. The summed E-state index contributed by atoms with van der Waals surface area (Å²) in [5.41, 5.74) is 2.31. The number of nitrogens with zero attached hydrogens (tertiary/aromatic N) is 1. The van der Waals surface area contributed by atoms with E-state index >= 15 is 0 Å². The lowest BCUT2D eigenvalue weighted by Gasteiger charge is -2.11. The average Bonchev–Trinajstić information content (AvgIpc) is 2.98. The second-order valence-electron chi connectivity index (χ2n) is 5.05. The predicted octanol–water partition coefficient (Wildman–Crippen LogP) is 4.36. The van der Waals surface area contributed by atoms with Crippen molar-refractivity contribution in [2.24, 2.45) is 0 Å². The first-order valence-corrected chi connectivity index (χ1v) is 7.60. The maximum absolute atomic E-state index is 5.58. The van der Waals surface area contributed by atoms with Gasteiger partial charge in [-0.25, -0.2) is 4.98 Å². The average molecular weight is 286 g/mol. The highest BCUT2D eigenvalue weighted by Crippen LogP contribution is 2.24. The third kappa shape index (κ3) is 2.62. The summed E-state index contributed by atoms with van der Waals surface area (Å²) in [6.07, 6.45) is 0. The minimum Gasteiger partial charge on any atom is -0.466 e. The summed E-state index contributed by atoms with van der Waals surface area (Å²) in [6, 6.07) is 10.6. The maximum Gasteiger partial charge on any atom is 0.108 e. The van der Waals surface area contributed by atoms with Crippen molar-refractivity contribution in [3.05, 3.63) is 52.4 Å². The molecule has 1 N–H and O–H groups in total. The van der Waals surface area contributed by atoms with Crippen LogP contribution in [0.15, 0.2) is 34.7 Å². The van der Waals surface area contributed by atoms with Gasteiger partial charge in [0.1, 0.15) is 16.5 Å². The number of hydrogen-bond acceptors (Lipinski definition) is 4. The van der Waals surface area contributed by atoms with Gasteiger partial charge in [-0.3, -0.25) is 0 Å². The van der Waals surface area contributed by atoms with Crippen LogP contribution in [0.3, 0.4) is 0 Å². The molecule has 4 heteroatoms. The van der Waals surface area contributed by atoms with Gasteiger partial charge in [0, 0.05) is 18.2 Å². The zero-order chi connectivity index (χ0) is 14.1. The van der Waals surface area contributed by atoms with E-state index in [4.69, 9.17) is 4.42 Å². The lowest BCUT2D eigenvalue weighted by atomic mass is 10.1. The summed E-state index contributed by atoms with van der Waals surface area (Å²) in [4.78, 5) is 4.64. The van der Waals surface area contributed by atoms with Crippen LogP contribution in [0, 0.1) is 13.8 Å². The monoisotopic (exact) mass is 286 g/mol. The fraction of sp³-hybridized carbons (Fsp3) is 0.312. The summed E-state index contributed by atoms with van der Waals surface area (Å²) in [5.74, 6) is 1.96. The molecule has 0 saturated carbocycles. The first-order valence-electron chi connectivity index (χ1n) is 6.78. The van der Waals surface area contributed by atoms with E-state index in [2.05, 4.69) is 41.5 Å². The van der Waals surface area contributed by atoms with Crippen molar-refractivity contribution in [1.29, 1.82) is 0 Å². The van der Waals surface area contributed by atoms with E-state index < -0.39 is 0 Å². The molecule has 3 rings (SSSR count). The van der Waals surface area contributed by atoms with Crippen LogP contribution in [0.4, 0.5) is 0 Å². The Balaban J connectivity index is 1.71. The molecule has 0 aliphatic carbocycles. The molecule has 104 valence electrons. The molecule has 2 heterocycles. The van der Waals surface area contributed by atoms with Crippen LogP contribution >= 0.6 is 11.3 Å². The number of para-hydroxylation sites is 1. The van der Waals surface area contributed by atoms with Gasteiger partial charge < -0.3 is 9.73 Å². The molecule has 0 aliphatic heterocycles. The molecule has 20 heavy (non-hydrogen) atoms. The second-order valence-corrected chi connectivity index (χ2v) is 6.16. The quantitative estimate of drug-likeness (QED) is 0.774. The molecular formula is C16H18N2OS. The van der Waals surface area contributed by atoms with E-state index in [9.17, 15) is 0 Å². The fourth-order valence-corrected chi connectivity index (χ4v) is 3.34. The molecule has 0 fully saturated rings. The third-order valence-electron chi connectivity index (χ3n) is 3.44. The zero-order valence-electron chi connectivity index (χ0n) is 11.9. The number of rotatable bonds is 4. The first kappa shape index (κ1) is 13.3. The highest BCUT2D eigenvalue weighted by molar-refractivity contribution is 7.18. The summed E-state index contributed by atoms with van der Waals surface area (Å²) < 4.78 is 6.83. The van der Waals surface area contributed by atoms with Crippen LogP contribution in [0.25, 0.3) is 10.2 Å². The maximum atomic E-state index is 5.58. The number of aryl methyl sites for hydroxylation is 2. The fourth-order valence-electron chi connectivity index (χ4n) is 2.43. The molecule has 0 bridgehead atoms. The minimum absolute atomic E-state index is 0.263. The number of thiazole rings is 1. The smallest absolute Gasteiger partial charge is 0.108 e. The molecule has 3 aromatic rings. The summed E-state index contributed by atoms with van der Waals surface area (Å²) in [6.45, 7) is 6.93. The number of aromatic nitrogens is 1. The molecule has 1 atom stereocenters. The Labute approximate surface area is 122 Å². The van der Waals surface area contributed by atoms with Crippen molar-refractivity contribution >= 4 is 21.6 Å². The number of fused-ring (bicyclic) bond motifs is 1. The van der Waals surface area contributed by atoms with Crippen LogP contribution in [0.1, 0.15) is 35.1 Å². The number of furan rings is 1. The Bertz CT molecular complexity index is 696. The molecule has 2 aromatic heterocycles. The van der Waals surface area contributed by atoms with Gasteiger partial charge in [-0.05, 0) is 39.0 Å².